The summed E-state index contributed by atoms with van der Waals surface area (Å²) in [4.78, 5) is 25.2. The van der Waals surface area contributed by atoms with Crippen molar-refractivity contribution in [1.29, 1.82) is 0 Å². The fraction of sp³-hybridized carbons (Fsp3) is 0.623. The average Bonchev–Trinajstić information content (AvgIpc) is 3.27. The van der Waals surface area contributed by atoms with E-state index < -0.39 is 23.0 Å². The van der Waals surface area contributed by atoms with E-state index in [9.17, 15) is 18.4 Å². The van der Waals surface area contributed by atoms with Gasteiger partial charge in [0.2, 0.25) is 0 Å². The summed E-state index contributed by atoms with van der Waals surface area (Å²) in [6, 6.07) is 25.7. The number of carbonyl (C=O) groups is 2. The first-order valence-electron chi connectivity index (χ1n) is 24.0. The smallest absolute Gasteiger partial charge is 0.338 e. The van der Waals surface area contributed by atoms with Gasteiger partial charge in [-0.1, -0.05) is 230 Å². The first kappa shape index (κ1) is 52.8. The van der Waals surface area contributed by atoms with Crippen LogP contribution >= 0.6 is 0 Å². The fourth-order valence-electron chi connectivity index (χ4n) is 7.89. The van der Waals surface area contributed by atoms with E-state index in [4.69, 9.17) is 9.47 Å². The zero-order valence-corrected chi connectivity index (χ0v) is 39.0. The largest absolute Gasteiger partial charge is 0.462 e. The van der Waals surface area contributed by atoms with Crippen molar-refractivity contribution in [3.63, 3.8) is 0 Å². The molecule has 0 aliphatic carbocycles. The summed E-state index contributed by atoms with van der Waals surface area (Å²) in [5.41, 5.74) is 3.07. The quantitative estimate of drug-likeness (QED) is 0.0373. The van der Waals surface area contributed by atoms with Crippen LogP contribution in [-0.2, 0) is 20.6 Å². The Morgan fingerprint density at radius 3 is 1.17 bits per heavy atom. The molecule has 7 heteroatoms. The molecule has 0 amide bonds. The molecule has 0 spiro atoms. The van der Waals surface area contributed by atoms with E-state index in [1.165, 1.54) is 151 Å². The van der Waals surface area contributed by atoms with E-state index in [2.05, 4.69) is 88.4 Å². The molecule has 0 aliphatic rings. The van der Waals surface area contributed by atoms with Crippen LogP contribution in [0.1, 0.15) is 232 Å². The number of ether oxygens (including phenoxy) is 2. The van der Waals surface area contributed by atoms with Crippen LogP contribution in [0.2, 0.25) is 0 Å². The molecule has 336 valence electrons. The fourth-order valence-corrected chi connectivity index (χ4v) is 8.34. The monoisotopic (exact) mass is 847 g/mol. The molecular formula is C53H82O6S. The van der Waals surface area contributed by atoms with Crippen LogP contribution in [-0.4, -0.2) is 33.9 Å². The predicted molar refractivity (Wildman–Crippen MR) is 253 cm³/mol. The predicted octanol–water partition coefficient (Wildman–Crippen LogP) is 16.0. The highest BCUT2D eigenvalue weighted by atomic mass is 32.2. The third kappa shape index (κ3) is 24.2. The molecule has 60 heavy (non-hydrogen) atoms. The topological polar surface area (TPSA) is 89.9 Å². The minimum absolute atomic E-state index is 0.0165. The summed E-state index contributed by atoms with van der Waals surface area (Å²) in [5.74, 6) is -0.00188. The van der Waals surface area contributed by atoms with Crippen molar-refractivity contribution in [3.8, 4) is 0 Å². The second kappa shape index (κ2) is 35.3. The summed E-state index contributed by atoms with van der Waals surface area (Å²) < 4.78 is 32.1. The Morgan fingerprint density at radius 2 is 0.833 bits per heavy atom. The van der Waals surface area contributed by atoms with Crippen molar-refractivity contribution in [2.24, 2.45) is 0 Å². The maximum Gasteiger partial charge on any atom is 0.338 e. The van der Waals surface area contributed by atoms with Crippen LogP contribution < -0.4 is 0 Å². The summed E-state index contributed by atoms with van der Waals surface area (Å²) in [6.45, 7) is 9.68. The normalized spacial score (nSPS) is 12.6. The SMILES string of the molecule is CCC(c1ccccc1)C(C)c1ccccc1.CCCCCCCCCCCCCCOC(=O)c1cc(C(=O)OCCCCCCCCCCCCCC)cc(S(=O)O)c1. The number of unbranched alkanes of at least 4 members (excludes halogenated alkanes) is 22. The summed E-state index contributed by atoms with van der Waals surface area (Å²) in [6.07, 6.45) is 30.6. The molecule has 0 fully saturated rings. The minimum atomic E-state index is -2.33. The lowest BCUT2D eigenvalue weighted by atomic mass is 9.81. The van der Waals surface area contributed by atoms with Crippen molar-refractivity contribution in [3.05, 3.63) is 101 Å². The number of rotatable bonds is 33. The summed E-state index contributed by atoms with van der Waals surface area (Å²) in [5, 5.41) is 0. The second-order valence-corrected chi connectivity index (χ2v) is 17.6. The van der Waals surface area contributed by atoms with Crippen molar-refractivity contribution in [1.82, 2.24) is 0 Å². The van der Waals surface area contributed by atoms with Crippen LogP contribution in [0.25, 0.3) is 0 Å². The van der Waals surface area contributed by atoms with Crippen molar-refractivity contribution < 1.29 is 27.8 Å². The van der Waals surface area contributed by atoms with Gasteiger partial charge >= 0.3 is 11.9 Å². The molecule has 6 nitrogen and oxygen atoms in total. The molecule has 3 atom stereocenters. The maximum atomic E-state index is 12.6. The highest BCUT2D eigenvalue weighted by Gasteiger charge is 2.19. The molecule has 3 aromatic rings. The van der Waals surface area contributed by atoms with Gasteiger partial charge in [0.25, 0.3) is 0 Å². The number of esters is 2. The third-order valence-electron chi connectivity index (χ3n) is 11.6. The van der Waals surface area contributed by atoms with Crippen LogP contribution in [0, 0.1) is 0 Å². The van der Waals surface area contributed by atoms with Crippen molar-refractivity contribution >= 4 is 23.0 Å². The van der Waals surface area contributed by atoms with E-state index in [0.29, 0.717) is 25.0 Å². The Bertz CT molecular complexity index is 1470. The van der Waals surface area contributed by atoms with Gasteiger partial charge in [-0.2, -0.15) is 0 Å². The molecular weight excluding hydrogens is 765 g/mol. The van der Waals surface area contributed by atoms with Crippen molar-refractivity contribution in [2.45, 2.75) is 205 Å². The zero-order valence-electron chi connectivity index (χ0n) is 38.1. The van der Waals surface area contributed by atoms with E-state index in [1.54, 1.807) is 0 Å². The van der Waals surface area contributed by atoms with E-state index in [0.717, 1.165) is 38.5 Å². The second-order valence-electron chi connectivity index (χ2n) is 16.7. The Kier molecular flexibility index (Phi) is 31.1. The molecule has 0 radical (unpaired) electrons. The standard InChI is InChI=1S/C36H62O6S.C17H20/c1-3-5-7-9-11-13-15-17-19-21-23-25-27-41-35(37)32-29-33(31-34(30-32)43(39)40)36(38)42-28-26-24-22-20-18-16-14-12-10-8-6-4-2;1-3-17(16-12-8-5-9-13-16)14(2)15-10-6-4-7-11-15/h29-31H,3-28H2,1-2H3,(H,39,40);4-14,17H,3H2,1-2H3. The van der Waals surface area contributed by atoms with Gasteiger partial charge in [0, 0.05) is 0 Å². The molecule has 0 saturated heterocycles. The molecule has 0 aliphatic heterocycles. The van der Waals surface area contributed by atoms with E-state index in [-0.39, 0.29) is 16.0 Å². The third-order valence-corrected chi connectivity index (χ3v) is 12.3. The average molecular weight is 847 g/mol. The highest BCUT2D eigenvalue weighted by molar-refractivity contribution is 7.79. The lowest BCUT2D eigenvalue weighted by Crippen LogP contribution is -2.12. The molecule has 0 saturated carbocycles. The summed E-state index contributed by atoms with van der Waals surface area (Å²) in [7, 11) is 0. The van der Waals surface area contributed by atoms with Gasteiger partial charge in [0.15, 0.2) is 11.1 Å². The van der Waals surface area contributed by atoms with Gasteiger partial charge in [-0.3, -0.25) is 0 Å². The summed E-state index contributed by atoms with van der Waals surface area (Å²) >= 11 is -2.33. The van der Waals surface area contributed by atoms with Crippen molar-refractivity contribution in [2.75, 3.05) is 13.2 Å². The minimum Gasteiger partial charge on any atom is -0.462 e. The van der Waals surface area contributed by atoms with Gasteiger partial charge in [0.1, 0.15) is 0 Å². The van der Waals surface area contributed by atoms with Gasteiger partial charge in [0.05, 0.1) is 29.2 Å². The zero-order chi connectivity index (χ0) is 43.5. The van der Waals surface area contributed by atoms with Gasteiger partial charge in [-0.05, 0) is 60.4 Å². The number of hydrogen-bond acceptors (Lipinski definition) is 5. The van der Waals surface area contributed by atoms with Gasteiger partial charge in [-0.15, -0.1) is 0 Å². The molecule has 3 rings (SSSR count). The molecule has 0 heterocycles. The number of carbonyl (C=O) groups excluding carboxylic acids is 2. The molecule has 0 bridgehead atoms. The van der Waals surface area contributed by atoms with E-state index >= 15 is 0 Å². The molecule has 3 unspecified atom stereocenters. The number of hydrogen-bond donors (Lipinski definition) is 1. The lowest BCUT2D eigenvalue weighted by Gasteiger charge is -2.23. The highest BCUT2D eigenvalue weighted by Crippen LogP contribution is 2.35. The first-order valence-corrected chi connectivity index (χ1v) is 25.1. The Balaban J connectivity index is 0.000000599. The number of benzene rings is 3. The molecule has 3 aromatic carbocycles. The molecule has 1 N–H and O–H groups in total. The Hall–Kier alpha value is -3.29. The molecule has 0 aromatic heterocycles. The van der Waals surface area contributed by atoms with Gasteiger partial charge in [-0.25, -0.2) is 13.8 Å². The Morgan fingerprint density at radius 1 is 0.500 bits per heavy atom. The van der Waals surface area contributed by atoms with E-state index in [1.807, 2.05) is 0 Å². The van der Waals surface area contributed by atoms with Crippen LogP contribution in [0.15, 0.2) is 83.8 Å². The van der Waals surface area contributed by atoms with Gasteiger partial charge < -0.3 is 14.0 Å². The maximum absolute atomic E-state index is 12.6. The van der Waals surface area contributed by atoms with Crippen LogP contribution in [0.4, 0.5) is 0 Å². The Labute approximate surface area is 368 Å². The first-order chi connectivity index (χ1) is 29.3. The van der Waals surface area contributed by atoms with Crippen LogP contribution in [0.5, 0.6) is 0 Å². The van der Waals surface area contributed by atoms with Crippen LogP contribution in [0.3, 0.4) is 0 Å². The lowest BCUT2D eigenvalue weighted by molar-refractivity contribution is 0.0495.